The summed E-state index contributed by atoms with van der Waals surface area (Å²) < 4.78 is 10.7. The number of nitrogens with two attached hydrogens (primary N) is 1. The van der Waals surface area contributed by atoms with Crippen molar-refractivity contribution in [3.63, 3.8) is 0 Å². The second kappa shape index (κ2) is 52.7. The number of carbonyl (C=O) groups excluding carboxylic acids is 4. The van der Waals surface area contributed by atoms with E-state index in [-0.39, 0.29) is 103 Å². The number of amides is 2. The molecule has 65 heavy (non-hydrogen) atoms. The molecule has 5 atom stereocenters. The first-order valence-corrected chi connectivity index (χ1v) is 20.8. The van der Waals surface area contributed by atoms with E-state index in [4.69, 9.17) is 62.1 Å². The molecule has 0 aliphatic rings. The number of aliphatic hydroxyl groups excluding tert-OH is 2. The minimum atomic E-state index is -0.528. The van der Waals surface area contributed by atoms with Crippen molar-refractivity contribution in [2.45, 2.75) is 192 Å². The number of rotatable bonds is 15. The Morgan fingerprint density at radius 1 is 0.692 bits per heavy atom. The van der Waals surface area contributed by atoms with Crippen LogP contribution < -0.4 is 16.4 Å². The normalized spacial score (nSPS) is 10.8. The summed E-state index contributed by atoms with van der Waals surface area (Å²) in [5.41, 5.74) is 7.12. The monoisotopic (exact) mass is 1270 g/mol. The van der Waals surface area contributed by atoms with E-state index in [1.165, 1.54) is 6.92 Å². The van der Waals surface area contributed by atoms with Crippen LogP contribution in [0.25, 0.3) is 0 Å². The van der Waals surface area contributed by atoms with E-state index in [0.717, 1.165) is 54.0 Å². The third-order valence-corrected chi connectivity index (χ3v) is 7.78. The van der Waals surface area contributed by atoms with E-state index >= 15 is 0 Å². The Hall–Kier alpha value is -3.95. The summed E-state index contributed by atoms with van der Waals surface area (Å²) in [5, 5.41) is 22.3. The van der Waals surface area contributed by atoms with Crippen LogP contribution in [0.5, 0.6) is 0 Å². The van der Waals surface area contributed by atoms with Crippen molar-refractivity contribution < 1.29 is 80.4 Å². The molecule has 5 unspecified atom stereocenters. The second-order valence-corrected chi connectivity index (χ2v) is 13.6. The topological polar surface area (TPSA) is 211 Å². The molecule has 2 aromatic heterocycles. The molecule has 2 amide bonds. The van der Waals surface area contributed by atoms with Gasteiger partial charge in [0.15, 0.2) is 17.6 Å². The first-order chi connectivity index (χ1) is 29.0. The van der Waals surface area contributed by atoms with Gasteiger partial charge in [0.05, 0.1) is 35.7 Å². The maximum atomic E-state index is 11.0. The SMILES string of the molecule is C.C#CCCC(=O)Cl.C#CCCC(=O)NC(C)C(C)=O.C#CCCC(=O)NC(C)C(C)O.C#CCCc1nc(C)c(C)o1.CC.CC#CCCc1nc(C)c(C)o1.CC(N)C(C)O.[W].[W]. The van der Waals surface area contributed by atoms with Gasteiger partial charge in [-0.3, -0.25) is 19.2 Å². The summed E-state index contributed by atoms with van der Waals surface area (Å²) in [4.78, 5) is 51.0. The number of oxazole rings is 2. The minimum absolute atomic E-state index is 0. The van der Waals surface area contributed by atoms with Crippen LogP contribution in [0.4, 0.5) is 0 Å². The van der Waals surface area contributed by atoms with Crippen molar-refractivity contribution in [2.75, 3.05) is 0 Å². The average Bonchev–Trinajstić information content (AvgIpc) is 3.72. The standard InChI is InChI=1S/C10H13NO.C9H15NO2.C9H13NO2.C9H11NO.C5H5ClO.C4H11NO.C2H6.CH4.2W/c1-4-5-6-7-10-11-8(2)9(3)12-10;2*1-4-5-6-9(12)10-7(2)8(3)11;1-4-5-6-9-10-7(2)8(3)11-9;1-2-3-4-5(6)7;1-3(5)4(2)6;1-2;;;/h6-7H2,1-3H3;1,7-8,11H,5-6H2,2-3H3,(H,10,12);1,7H,5-6H2,2-3H3,(H,10,12);1H,5-6H2,2-3H3;1H,3-4H2;3-4,6H,5H2,1-2H3;1-2H3;1H4;;. The number of carbonyl (C=O) groups is 4. The largest absolute Gasteiger partial charge is 0.446 e. The number of hydrogen-bond donors (Lipinski definition) is 5. The Morgan fingerprint density at radius 3 is 1.31 bits per heavy atom. The molecule has 0 aliphatic heterocycles. The molecule has 366 valence electrons. The molecule has 13 nitrogen and oxygen atoms in total. The summed E-state index contributed by atoms with van der Waals surface area (Å²) >= 11 is 4.92. The van der Waals surface area contributed by atoms with Crippen molar-refractivity contribution in [2.24, 2.45) is 5.73 Å². The molecule has 0 radical (unpaired) electrons. The zero-order valence-corrected chi connectivity index (χ0v) is 46.9. The van der Waals surface area contributed by atoms with Crippen LogP contribution in [0.15, 0.2) is 8.83 Å². The Kier molecular flexibility index (Phi) is 63.4. The number of nitrogens with one attached hydrogen (secondary N) is 2. The number of halogens is 1. The van der Waals surface area contributed by atoms with Gasteiger partial charge < -0.3 is 35.4 Å². The summed E-state index contributed by atoms with van der Waals surface area (Å²) in [5.74, 6) is 18.4. The number of ketones is 1. The van der Waals surface area contributed by atoms with Gasteiger partial charge in [-0.2, -0.15) is 0 Å². The smallest absolute Gasteiger partial charge is 0.222 e. The van der Waals surface area contributed by atoms with Crippen LogP contribution in [0.3, 0.4) is 0 Å². The van der Waals surface area contributed by atoms with E-state index in [2.05, 4.69) is 56.1 Å². The van der Waals surface area contributed by atoms with Crippen molar-refractivity contribution in [3.8, 4) is 61.2 Å². The van der Waals surface area contributed by atoms with Gasteiger partial charge >= 0.3 is 0 Å². The molecular weight excluding hydrogens is 1190 g/mol. The minimum Gasteiger partial charge on any atom is -0.446 e. The number of Topliss-reactive ketones (excluding diaryl/α,β-unsaturated/α-hetero) is 1. The van der Waals surface area contributed by atoms with Crippen LogP contribution in [0.1, 0.15) is 156 Å². The Bertz CT molecular complexity index is 1720. The Balaban J connectivity index is -0.0000000997. The number of aryl methyl sites for hydroxylation is 6. The number of aromatic nitrogens is 2. The summed E-state index contributed by atoms with van der Waals surface area (Å²) in [7, 11) is 0. The van der Waals surface area contributed by atoms with E-state index in [1.807, 2.05) is 48.5 Å². The van der Waals surface area contributed by atoms with Crippen LogP contribution in [0.2, 0.25) is 0 Å². The fraction of sp³-hybridized carbons (Fsp3) is 0.592. The number of nitrogens with zero attached hydrogens (tertiary/aromatic N) is 2. The fourth-order valence-electron chi connectivity index (χ4n) is 3.17. The molecule has 0 bridgehead atoms. The molecule has 2 heterocycles. The van der Waals surface area contributed by atoms with Gasteiger partial charge in [-0.05, 0) is 87.8 Å². The van der Waals surface area contributed by atoms with Crippen LogP contribution in [-0.2, 0) is 74.2 Å². The Morgan fingerprint density at radius 2 is 1.05 bits per heavy atom. The number of hydrogen-bond acceptors (Lipinski definition) is 11. The molecule has 2 aromatic rings. The molecule has 0 aliphatic carbocycles. The number of terminal acetylenes is 4. The molecule has 0 saturated heterocycles. The van der Waals surface area contributed by atoms with E-state index in [0.29, 0.717) is 32.1 Å². The predicted octanol–water partition coefficient (Wildman–Crippen LogP) is 7.42. The molecule has 2 rings (SSSR count). The van der Waals surface area contributed by atoms with Crippen molar-refractivity contribution in [3.05, 3.63) is 34.7 Å². The van der Waals surface area contributed by atoms with Gasteiger partial charge in [0.2, 0.25) is 17.1 Å². The van der Waals surface area contributed by atoms with E-state index < -0.39 is 12.1 Å². The van der Waals surface area contributed by atoms with E-state index in [1.54, 1.807) is 34.6 Å². The van der Waals surface area contributed by atoms with Crippen molar-refractivity contribution in [1.29, 1.82) is 0 Å². The van der Waals surface area contributed by atoms with Gasteiger partial charge in [-0.25, -0.2) is 9.97 Å². The van der Waals surface area contributed by atoms with Crippen molar-refractivity contribution in [1.82, 2.24) is 20.6 Å². The van der Waals surface area contributed by atoms with Gasteiger partial charge in [0.1, 0.15) is 11.5 Å². The molecule has 0 spiro atoms. The fourth-order valence-corrected chi connectivity index (χ4v) is 3.26. The zero-order valence-electron chi connectivity index (χ0n) is 40.3. The third kappa shape index (κ3) is 54.3. The summed E-state index contributed by atoms with van der Waals surface area (Å²) in [6.07, 6.45) is 24.3. The molecule has 0 aromatic carbocycles. The Labute approximate surface area is 426 Å². The average molecular weight is 1270 g/mol. The molecule has 0 fully saturated rings. The zero-order chi connectivity index (χ0) is 49.2. The maximum Gasteiger partial charge on any atom is 0.222 e. The van der Waals surface area contributed by atoms with Gasteiger partial charge in [0.25, 0.3) is 0 Å². The predicted molar refractivity (Wildman–Crippen MR) is 257 cm³/mol. The summed E-state index contributed by atoms with van der Waals surface area (Å²) in [6, 6.07) is -0.712. The molecule has 0 saturated carbocycles. The first kappa shape index (κ1) is 78.2. The summed E-state index contributed by atoms with van der Waals surface area (Å²) in [6.45, 7) is 23.5. The third-order valence-electron chi connectivity index (χ3n) is 7.59. The van der Waals surface area contributed by atoms with Crippen molar-refractivity contribution >= 4 is 34.4 Å². The quantitative estimate of drug-likeness (QED) is 0.0875. The van der Waals surface area contributed by atoms with Crippen LogP contribution in [0, 0.1) is 88.9 Å². The molecule has 16 heteroatoms. The second-order valence-electron chi connectivity index (χ2n) is 13.2. The molecule has 6 N–H and O–H groups in total. The van der Waals surface area contributed by atoms with Crippen LogP contribution >= 0.6 is 11.6 Å². The van der Waals surface area contributed by atoms with E-state index in [9.17, 15) is 19.2 Å². The van der Waals surface area contributed by atoms with Gasteiger partial charge in [-0.15, -0.1) is 61.2 Å². The molecular formula is C49H78ClN5O8W2. The van der Waals surface area contributed by atoms with Crippen LogP contribution in [-0.4, -0.2) is 73.4 Å². The van der Waals surface area contributed by atoms with Gasteiger partial charge in [0, 0.05) is 112 Å². The number of aliphatic hydroxyl groups is 2. The van der Waals surface area contributed by atoms with Gasteiger partial charge in [-0.1, -0.05) is 21.3 Å². The first-order valence-electron chi connectivity index (χ1n) is 20.4. The maximum absolute atomic E-state index is 11.0.